The van der Waals surface area contributed by atoms with Crippen LogP contribution in [0.4, 0.5) is 5.82 Å². The van der Waals surface area contributed by atoms with Crippen molar-refractivity contribution >= 4 is 21.7 Å². The molecule has 12 heavy (non-hydrogen) atoms. The molecular weight excluding hydrogens is 216 g/mol. The first-order valence-electron chi connectivity index (χ1n) is 4.16. The highest BCUT2D eigenvalue weighted by Crippen LogP contribution is 2.24. The van der Waals surface area contributed by atoms with E-state index < -0.39 is 0 Å². The van der Waals surface area contributed by atoms with Crippen LogP contribution in [0.1, 0.15) is 13.3 Å². The summed E-state index contributed by atoms with van der Waals surface area (Å²) in [5.74, 6) is 1.09. The molecule has 0 radical (unpaired) electrons. The number of rotatable bonds is 1. The molecule has 2 nitrogen and oxygen atoms in total. The van der Waals surface area contributed by atoms with Crippen molar-refractivity contribution in [3.8, 4) is 0 Å². The minimum atomic E-state index is 0.659. The maximum absolute atomic E-state index is 4.39. The number of halogens is 1. The van der Waals surface area contributed by atoms with Gasteiger partial charge in [-0.05, 0) is 41.4 Å². The monoisotopic (exact) mass is 226 g/mol. The molecular formula is C9H11BrN2. The fraction of sp³-hybridized carbons (Fsp3) is 0.444. The van der Waals surface area contributed by atoms with Crippen LogP contribution in [0.5, 0.6) is 0 Å². The van der Waals surface area contributed by atoms with E-state index >= 15 is 0 Å². The quantitative estimate of drug-likeness (QED) is 0.685. The molecule has 1 unspecified atom stereocenters. The third kappa shape index (κ3) is 1.33. The second kappa shape index (κ2) is 3.05. The molecule has 0 saturated carbocycles. The highest BCUT2D eigenvalue weighted by Gasteiger charge is 2.24. The molecule has 2 rings (SSSR count). The smallest absolute Gasteiger partial charge is 0.130 e. The lowest BCUT2D eigenvalue weighted by atomic mass is 10.1. The molecule has 0 spiro atoms. The maximum Gasteiger partial charge on any atom is 0.130 e. The molecule has 1 aromatic rings. The van der Waals surface area contributed by atoms with E-state index in [1.54, 1.807) is 0 Å². The number of anilines is 1. The molecule has 0 N–H and O–H groups in total. The van der Waals surface area contributed by atoms with Gasteiger partial charge >= 0.3 is 0 Å². The van der Waals surface area contributed by atoms with Gasteiger partial charge in [-0.1, -0.05) is 6.07 Å². The first-order chi connectivity index (χ1) is 5.77. The molecule has 1 aliphatic rings. The zero-order valence-electron chi connectivity index (χ0n) is 7.00. The van der Waals surface area contributed by atoms with Crippen molar-refractivity contribution in [1.29, 1.82) is 0 Å². The molecule has 0 bridgehead atoms. The van der Waals surface area contributed by atoms with Crippen molar-refractivity contribution in [3.05, 3.63) is 22.8 Å². The van der Waals surface area contributed by atoms with E-state index in [4.69, 9.17) is 0 Å². The Bertz CT molecular complexity index is 288. The summed E-state index contributed by atoms with van der Waals surface area (Å²) in [5.41, 5.74) is 0. The highest BCUT2D eigenvalue weighted by atomic mass is 79.9. The van der Waals surface area contributed by atoms with Crippen LogP contribution in [0.3, 0.4) is 0 Å². The normalized spacial score (nSPS) is 22.2. The Balaban J connectivity index is 2.22. The largest absolute Gasteiger partial charge is 0.354 e. The molecule has 0 aromatic carbocycles. The van der Waals surface area contributed by atoms with Gasteiger partial charge < -0.3 is 4.90 Å². The summed E-state index contributed by atoms with van der Waals surface area (Å²) in [6, 6.07) is 6.69. The van der Waals surface area contributed by atoms with Crippen LogP contribution in [0.25, 0.3) is 0 Å². The van der Waals surface area contributed by atoms with Crippen LogP contribution in [0, 0.1) is 0 Å². The summed E-state index contributed by atoms with van der Waals surface area (Å²) in [6.07, 6.45) is 1.29. The van der Waals surface area contributed by atoms with Gasteiger partial charge in [0.2, 0.25) is 0 Å². The van der Waals surface area contributed by atoms with Crippen molar-refractivity contribution in [2.75, 3.05) is 11.4 Å². The fourth-order valence-corrected chi connectivity index (χ4v) is 1.75. The Morgan fingerprint density at radius 2 is 2.42 bits per heavy atom. The van der Waals surface area contributed by atoms with E-state index in [0.717, 1.165) is 17.0 Å². The molecule has 1 aromatic heterocycles. The molecule has 0 aliphatic carbocycles. The van der Waals surface area contributed by atoms with Gasteiger partial charge in [0.25, 0.3) is 0 Å². The average molecular weight is 227 g/mol. The zero-order valence-corrected chi connectivity index (χ0v) is 8.58. The predicted molar refractivity (Wildman–Crippen MR) is 53.4 cm³/mol. The second-order valence-electron chi connectivity index (χ2n) is 3.15. The topological polar surface area (TPSA) is 16.1 Å². The Kier molecular flexibility index (Phi) is 2.05. The molecule has 1 aliphatic heterocycles. The standard InChI is InChI=1S/C9H11BrN2/c1-7-5-6-12(7)9-4-2-3-8(10)11-9/h2-4,7H,5-6H2,1H3. The minimum absolute atomic E-state index is 0.659. The zero-order chi connectivity index (χ0) is 8.55. The lowest BCUT2D eigenvalue weighted by Crippen LogP contribution is -2.46. The summed E-state index contributed by atoms with van der Waals surface area (Å²) >= 11 is 3.37. The summed E-state index contributed by atoms with van der Waals surface area (Å²) in [6.45, 7) is 3.37. The maximum atomic E-state index is 4.39. The van der Waals surface area contributed by atoms with Gasteiger partial charge in [0.05, 0.1) is 0 Å². The van der Waals surface area contributed by atoms with Crippen molar-refractivity contribution in [3.63, 3.8) is 0 Å². The van der Waals surface area contributed by atoms with Gasteiger partial charge in [0.1, 0.15) is 10.4 Å². The van der Waals surface area contributed by atoms with Crippen LogP contribution >= 0.6 is 15.9 Å². The van der Waals surface area contributed by atoms with Crippen LogP contribution in [-0.2, 0) is 0 Å². The summed E-state index contributed by atoms with van der Waals surface area (Å²) in [7, 11) is 0. The van der Waals surface area contributed by atoms with E-state index in [9.17, 15) is 0 Å². The van der Waals surface area contributed by atoms with E-state index in [-0.39, 0.29) is 0 Å². The van der Waals surface area contributed by atoms with Crippen LogP contribution in [-0.4, -0.2) is 17.6 Å². The predicted octanol–water partition coefficient (Wildman–Crippen LogP) is 2.44. The van der Waals surface area contributed by atoms with Gasteiger partial charge in [-0.3, -0.25) is 0 Å². The summed E-state index contributed by atoms with van der Waals surface area (Å²) < 4.78 is 0.916. The SMILES string of the molecule is CC1CCN1c1cccc(Br)n1. The van der Waals surface area contributed by atoms with Crippen molar-refractivity contribution < 1.29 is 0 Å². The van der Waals surface area contributed by atoms with E-state index in [1.807, 2.05) is 12.1 Å². The first kappa shape index (κ1) is 8.05. The van der Waals surface area contributed by atoms with E-state index in [0.29, 0.717) is 6.04 Å². The molecule has 2 heterocycles. The second-order valence-corrected chi connectivity index (χ2v) is 3.96. The fourth-order valence-electron chi connectivity index (χ4n) is 1.41. The molecule has 64 valence electrons. The van der Waals surface area contributed by atoms with Gasteiger partial charge in [-0.2, -0.15) is 0 Å². The van der Waals surface area contributed by atoms with Gasteiger partial charge in [0.15, 0.2) is 0 Å². The molecule has 0 amide bonds. The van der Waals surface area contributed by atoms with Gasteiger partial charge in [-0.15, -0.1) is 0 Å². The van der Waals surface area contributed by atoms with Gasteiger partial charge in [0, 0.05) is 12.6 Å². The van der Waals surface area contributed by atoms with Gasteiger partial charge in [-0.25, -0.2) is 4.98 Å². The molecule has 1 saturated heterocycles. The molecule has 1 atom stereocenters. The number of hydrogen-bond acceptors (Lipinski definition) is 2. The number of aromatic nitrogens is 1. The van der Waals surface area contributed by atoms with E-state index in [2.05, 4.69) is 38.8 Å². The van der Waals surface area contributed by atoms with Crippen LogP contribution in [0.2, 0.25) is 0 Å². The lowest BCUT2D eigenvalue weighted by Gasteiger charge is -2.39. The van der Waals surface area contributed by atoms with Crippen molar-refractivity contribution in [2.45, 2.75) is 19.4 Å². The molecule has 1 fully saturated rings. The third-order valence-electron chi connectivity index (χ3n) is 2.31. The lowest BCUT2D eigenvalue weighted by molar-refractivity contribution is 0.476. The first-order valence-corrected chi connectivity index (χ1v) is 4.96. The minimum Gasteiger partial charge on any atom is -0.354 e. The number of pyridine rings is 1. The third-order valence-corrected chi connectivity index (χ3v) is 2.76. The Morgan fingerprint density at radius 3 is 2.92 bits per heavy atom. The average Bonchev–Trinajstić information content (AvgIpc) is 2.02. The molecule has 3 heteroatoms. The van der Waals surface area contributed by atoms with Crippen LogP contribution < -0.4 is 4.90 Å². The van der Waals surface area contributed by atoms with Crippen molar-refractivity contribution in [1.82, 2.24) is 4.98 Å². The van der Waals surface area contributed by atoms with Crippen molar-refractivity contribution in [2.24, 2.45) is 0 Å². The Hall–Kier alpha value is -0.570. The number of nitrogens with zero attached hydrogens (tertiary/aromatic N) is 2. The summed E-state index contributed by atoms with van der Waals surface area (Å²) in [4.78, 5) is 6.70. The number of hydrogen-bond donors (Lipinski definition) is 0. The van der Waals surface area contributed by atoms with Crippen LogP contribution in [0.15, 0.2) is 22.8 Å². The highest BCUT2D eigenvalue weighted by molar-refractivity contribution is 9.10. The van der Waals surface area contributed by atoms with E-state index in [1.165, 1.54) is 6.42 Å². The Morgan fingerprint density at radius 1 is 1.58 bits per heavy atom. The Labute approximate surface area is 80.7 Å². The summed E-state index contributed by atoms with van der Waals surface area (Å²) in [5, 5.41) is 0.